The Morgan fingerprint density at radius 2 is 2.05 bits per heavy atom. The molecule has 4 unspecified atom stereocenters. The summed E-state index contributed by atoms with van der Waals surface area (Å²) in [5.74, 6) is 2.05. The van der Waals surface area contributed by atoms with Crippen molar-refractivity contribution in [1.82, 2.24) is 10.2 Å². The van der Waals surface area contributed by atoms with Crippen LogP contribution in [0, 0.1) is 11.8 Å². The standard InChI is InChI=1S/C16H30N2O/c1-13(10-16-12-19-9-7-17-16)18-8-6-14-4-2-3-5-15(14)11-18/h13-17H,2-12H2,1H3. The van der Waals surface area contributed by atoms with E-state index in [0.29, 0.717) is 12.1 Å². The first-order chi connectivity index (χ1) is 9.33. The molecule has 1 N–H and O–H groups in total. The first-order valence-corrected chi connectivity index (χ1v) is 8.38. The number of nitrogens with one attached hydrogen (secondary N) is 1. The Bertz CT molecular complexity index is 278. The van der Waals surface area contributed by atoms with Gasteiger partial charge in [-0.1, -0.05) is 19.3 Å². The van der Waals surface area contributed by atoms with Gasteiger partial charge in [0.2, 0.25) is 0 Å². The van der Waals surface area contributed by atoms with E-state index in [2.05, 4.69) is 17.1 Å². The SMILES string of the molecule is CC(CC1COCCN1)N1CCC2CCCCC2C1. The van der Waals surface area contributed by atoms with Gasteiger partial charge in [0.25, 0.3) is 0 Å². The second kappa shape index (κ2) is 6.55. The molecule has 0 aromatic carbocycles. The maximum Gasteiger partial charge on any atom is 0.0620 e. The summed E-state index contributed by atoms with van der Waals surface area (Å²) in [6.45, 7) is 7.93. The van der Waals surface area contributed by atoms with Gasteiger partial charge in [-0.25, -0.2) is 0 Å². The van der Waals surface area contributed by atoms with Crippen molar-refractivity contribution in [2.75, 3.05) is 32.8 Å². The molecule has 2 saturated heterocycles. The van der Waals surface area contributed by atoms with Gasteiger partial charge >= 0.3 is 0 Å². The first kappa shape index (κ1) is 13.8. The zero-order valence-corrected chi connectivity index (χ0v) is 12.4. The Labute approximate surface area is 118 Å². The zero-order chi connectivity index (χ0) is 13.1. The van der Waals surface area contributed by atoms with E-state index in [1.54, 1.807) is 0 Å². The van der Waals surface area contributed by atoms with Gasteiger partial charge in [-0.3, -0.25) is 0 Å². The average Bonchev–Trinajstić information content (AvgIpc) is 2.48. The number of hydrogen-bond acceptors (Lipinski definition) is 3. The largest absolute Gasteiger partial charge is 0.379 e. The van der Waals surface area contributed by atoms with Crippen LogP contribution in [0.2, 0.25) is 0 Å². The molecular formula is C16H30N2O. The van der Waals surface area contributed by atoms with Crippen molar-refractivity contribution < 1.29 is 4.74 Å². The zero-order valence-electron chi connectivity index (χ0n) is 12.4. The summed E-state index contributed by atoms with van der Waals surface area (Å²) >= 11 is 0. The molecule has 110 valence electrons. The molecule has 1 saturated carbocycles. The lowest BCUT2D eigenvalue weighted by Crippen LogP contribution is -2.50. The van der Waals surface area contributed by atoms with E-state index in [-0.39, 0.29) is 0 Å². The molecule has 19 heavy (non-hydrogen) atoms. The summed E-state index contributed by atoms with van der Waals surface area (Å²) in [6, 6.07) is 1.29. The molecule has 0 aromatic heterocycles. The van der Waals surface area contributed by atoms with Crippen molar-refractivity contribution >= 4 is 0 Å². The van der Waals surface area contributed by atoms with Gasteiger partial charge < -0.3 is 15.0 Å². The Hall–Kier alpha value is -0.120. The summed E-state index contributed by atoms with van der Waals surface area (Å²) in [5, 5.41) is 3.59. The minimum absolute atomic E-state index is 0.577. The van der Waals surface area contributed by atoms with Gasteiger partial charge in [0.05, 0.1) is 13.2 Å². The van der Waals surface area contributed by atoms with E-state index in [1.807, 2.05) is 0 Å². The third-order valence-corrected chi connectivity index (χ3v) is 5.57. The fourth-order valence-corrected chi connectivity index (χ4v) is 4.36. The Morgan fingerprint density at radius 1 is 1.21 bits per heavy atom. The van der Waals surface area contributed by atoms with Crippen LogP contribution in [0.25, 0.3) is 0 Å². The summed E-state index contributed by atoms with van der Waals surface area (Å²) in [7, 11) is 0. The van der Waals surface area contributed by atoms with Crippen LogP contribution in [0.3, 0.4) is 0 Å². The highest BCUT2D eigenvalue weighted by atomic mass is 16.5. The van der Waals surface area contributed by atoms with Crippen LogP contribution in [0.1, 0.15) is 45.4 Å². The van der Waals surface area contributed by atoms with Crippen molar-refractivity contribution in [3.63, 3.8) is 0 Å². The maximum absolute atomic E-state index is 5.58. The molecule has 3 heteroatoms. The highest BCUT2D eigenvalue weighted by molar-refractivity contribution is 4.87. The molecule has 3 aliphatic rings. The molecule has 2 heterocycles. The van der Waals surface area contributed by atoms with Crippen molar-refractivity contribution in [2.45, 2.75) is 57.5 Å². The fraction of sp³-hybridized carbons (Fsp3) is 1.00. The quantitative estimate of drug-likeness (QED) is 0.848. The van der Waals surface area contributed by atoms with E-state index in [9.17, 15) is 0 Å². The third-order valence-electron chi connectivity index (χ3n) is 5.57. The lowest BCUT2D eigenvalue weighted by molar-refractivity contribution is 0.0354. The number of hydrogen-bond donors (Lipinski definition) is 1. The number of nitrogens with zero attached hydrogens (tertiary/aromatic N) is 1. The monoisotopic (exact) mass is 266 g/mol. The van der Waals surface area contributed by atoms with Crippen molar-refractivity contribution in [3.8, 4) is 0 Å². The number of piperidine rings is 1. The fourth-order valence-electron chi connectivity index (χ4n) is 4.36. The van der Waals surface area contributed by atoms with Gasteiger partial charge in [0.1, 0.15) is 0 Å². The van der Waals surface area contributed by atoms with Crippen LogP contribution in [0.4, 0.5) is 0 Å². The van der Waals surface area contributed by atoms with Crippen LogP contribution >= 0.6 is 0 Å². The summed E-state index contributed by atoms with van der Waals surface area (Å²) in [4.78, 5) is 2.75. The molecule has 1 aliphatic carbocycles. The van der Waals surface area contributed by atoms with Crippen molar-refractivity contribution in [3.05, 3.63) is 0 Å². The molecule has 3 nitrogen and oxygen atoms in total. The number of morpholine rings is 1. The Balaban J connectivity index is 1.48. The predicted molar refractivity (Wildman–Crippen MR) is 78.3 cm³/mol. The van der Waals surface area contributed by atoms with Gasteiger partial charge in [0, 0.05) is 25.2 Å². The predicted octanol–water partition coefficient (Wildman–Crippen LogP) is 2.27. The maximum atomic E-state index is 5.58. The number of rotatable bonds is 3. The first-order valence-electron chi connectivity index (χ1n) is 8.38. The Kier molecular flexibility index (Phi) is 4.78. The molecule has 0 bridgehead atoms. The highest BCUT2D eigenvalue weighted by Crippen LogP contribution is 2.36. The number of fused-ring (bicyclic) bond motifs is 1. The molecule has 2 aliphatic heterocycles. The second-order valence-electron chi connectivity index (χ2n) is 6.90. The van der Waals surface area contributed by atoms with E-state index >= 15 is 0 Å². The van der Waals surface area contributed by atoms with Gasteiger partial charge in [-0.05, 0) is 44.6 Å². The van der Waals surface area contributed by atoms with E-state index in [0.717, 1.165) is 31.6 Å². The molecule has 0 spiro atoms. The second-order valence-corrected chi connectivity index (χ2v) is 6.90. The average molecular weight is 266 g/mol. The summed E-state index contributed by atoms with van der Waals surface area (Å²) in [5.41, 5.74) is 0. The number of ether oxygens (including phenoxy) is 1. The lowest BCUT2D eigenvalue weighted by atomic mass is 9.75. The molecular weight excluding hydrogens is 236 g/mol. The molecule has 0 aromatic rings. The Morgan fingerprint density at radius 3 is 2.84 bits per heavy atom. The third kappa shape index (κ3) is 3.50. The topological polar surface area (TPSA) is 24.5 Å². The van der Waals surface area contributed by atoms with Crippen LogP contribution in [-0.4, -0.2) is 49.8 Å². The minimum Gasteiger partial charge on any atom is -0.379 e. The lowest BCUT2D eigenvalue weighted by Gasteiger charge is -2.44. The van der Waals surface area contributed by atoms with Gasteiger partial charge in [-0.15, -0.1) is 0 Å². The molecule has 3 fully saturated rings. The van der Waals surface area contributed by atoms with Crippen LogP contribution < -0.4 is 5.32 Å². The molecule has 4 atom stereocenters. The van der Waals surface area contributed by atoms with Crippen molar-refractivity contribution in [2.24, 2.45) is 11.8 Å². The van der Waals surface area contributed by atoms with Gasteiger partial charge in [-0.2, -0.15) is 0 Å². The number of likely N-dealkylation sites (tertiary alicyclic amines) is 1. The van der Waals surface area contributed by atoms with Gasteiger partial charge in [0.15, 0.2) is 0 Å². The summed E-state index contributed by atoms with van der Waals surface area (Å²) < 4.78 is 5.58. The normalized spacial score (nSPS) is 38.7. The minimum atomic E-state index is 0.577. The van der Waals surface area contributed by atoms with Crippen LogP contribution in [0.15, 0.2) is 0 Å². The van der Waals surface area contributed by atoms with E-state index in [4.69, 9.17) is 4.74 Å². The van der Waals surface area contributed by atoms with Crippen molar-refractivity contribution in [1.29, 1.82) is 0 Å². The van der Waals surface area contributed by atoms with E-state index in [1.165, 1.54) is 51.6 Å². The van der Waals surface area contributed by atoms with Crippen LogP contribution in [0.5, 0.6) is 0 Å². The smallest absolute Gasteiger partial charge is 0.0620 e. The molecule has 3 rings (SSSR count). The molecule has 0 radical (unpaired) electrons. The molecule has 0 amide bonds. The van der Waals surface area contributed by atoms with E-state index < -0.39 is 0 Å². The summed E-state index contributed by atoms with van der Waals surface area (Å²) in [6.07, 6.45) is 8.64. The highest BCUT2D eigenvalue weighted by Gasteiger charge is 2.33. The van der Waals surface area contributed by atoms with Crippen LogP contribution in [-0.2, 0) is 4.74 Å².